The molecule has 0 radical (unpaired) electrons. The van der Waals surface area contributed by atoms with Crippen LogP contribution in [0, 0.1) is 13.8 Å². The minimum absolute atomic E-state index is 0.355. The first-order valence-corrected chi connectivity index (χ1v) is 7.53. The summed E-state index contributed by atoms with van der Waals surface area (Å²) >= 11 is 17.2. The van der Waals surface area contributed by atoms with Gasteiger partial charge in [0.05, 0.1) is 10.0 Å². The Morgan fingerprint density at radius 2 is 1.81 bits per heavy atom. The Morgan fingerprint density at radius 1 is 1.19 bits per heavy atom. The van der Waals surface area contributed by atoms with Crippen LogP contribution in [0.15, 0.2) is 30.3 Å². The molecule has 0 atom stereocenters. The zero-order valence-corrected chi connectivity index (χ0v) is 14.1. The number of benzene rings is 2. The molecule has 0 fully saturated rings. The molecule has 2 nitrogen and oxygen atoms in total. The van der Waals surface area contributed by atoms with Gasteiger partial charge in [-0.1, -0.05) is 47.6 Å². The molecule has 21 heavy (non-hydrogen) atoms. The lowest BCUT2D eigenvalue weighted by Crippen LogP contribution is -2.10. The lowest BCUT2D eigenvalue weighted by atomic mass is 10.1. The molecule has 2 aromatic carbocycles. The Hall–Kier alpha value is -1.29. The molecule has 0 bridgehead atoms. The van der Waals surface area contributed by atoms with Crippen molar-refractivity contribution in [1.29, 1.82) is 0 Å². The van der Waals surface area contributed by atoms with Gasteiger partial charge in [0.15, 0.2) is 0 Å². The summed E-state index contributed by atoms with van der Waals surface area (Å²) in [5, 5.41) is 1.05. The van der Waals surface area contributed by atoms with Crippen LogP contribution in [0.3, 0.4) is 0 Å². The summed E-state index contributed by atoms with van der Waals surface area (Å²) < 4.78 is 5.90. The number of rotatable bonds is 4. The van der Waals surface area contributed by atoms with E-state index in [-0.39, 0.29) is 0 Å². The van der Waals surface area contributed by atoms with Crippen LogP contribution in [-0.2, 0) is 6.61 Å². The molecule has 2 aromatic rings. The van der Waals surface area contributed by atoms with Crippen molar-refractivity contribution < 1.29 is 4.74 Å². The van der Waals surface area contributed by atoms with E-state index in [2.05, 4.69) is 0 Å². The molecule has 0 aliphatic rings. The van der Waals surface area contributed by atoms with Gasteiger partial charge in [-0.25, -0.2) is 0 Å². The predicted octanol–water partition coefficient (Wildman–Crippen LogP) is 4.82. The summed E-state index contributed by atoms with van der Waals surface area (Å²) in [6.45, 7) is 4.28. The molecule has 110 valence electrons. The molecular formula is C16H15Cl2NOS. The van der Waals surface area contributed by atoms with Gasteiger partial charge >= 0.3 is 0 Å². The maximum atomic E-state index is 6.16. The van der Waals surface area contributed by atoms with Crippen molar-refractivity contribution >= 4 is 40.4 Å². The highest BCUT2D eigenvalue weighted by Crippen LogP contribution is 2.29. The Bertz CT molecular complexity index is 678. The number of halogens is 2. The highest BCUT2D eigenvalue weighted by molar-refractivity contribution is 7.80. The van der Waals surface area contributed by atoms with E-state index in [4.69, 9.17) is 45.9 Å². The van der Waals surface area contributed by atoms with Crippen molar-refractivity contribution in [2.75, 3.05) is 0 Å². The zero-order valence-electron chi connectivity index (χ0n) is 11.7. The summed E-state index contributed by atoms with van der Waals surface area (Å²) in [7, 11) is 0. The number of thiocarbonyl (C=S) groups is 1. The number of hydrogen-bond acceptors (Lipinski definition) is 2. The van der Waals surface area contributed by atoms with Crippen LogP contribution in [0.1, 0.15) is 22.3 Å². The fourth-order valence-corrected chi connectivity index (χ4v) is 2.62. The van der Waals surface area contributed by atoms with Crippen molar-refractivity contribution in [2.24, 2.45) is 5.73 Å². The predicted molar refractivity (Wildman–Crippen MR) is 92.6 cm³/mol. The van der Waals surface area contributed by atoms with Gasteiger partial charge in [-0.2, -0.15) is 0 Å². The smallest absolute Gasteiger partial charge is 0.125 e. The summed E-state index contributed by atoms with van der Waals surface area (Å²) in [6, 6.07) is 9.33. The normalized spacial score (nSPS) is 10.5. The minimum atomic E-state index is 0.355. The van der Waals surface area contributed by atoms with Gasteiger partial charge in [-0.05, 0) is 43.2 Å². The monoisotopic (exact) mass is 339 g/mol. The van der Waals surface area contributed by atoms with Crippen molar-refractivity contribution in [3.8, 4) is 5.75 Å². The maximum Gasteiger partial charge on any atom is 0.125 e. The lowest BCUT2D eigenvalue weighted by molar-refractivity contribution is 0.302. The number of ether oxygens (including phenoxy) is 1. The third-order valence-electron chi connectivity index (χ3n) is 3.15. The third-order valence-corrected chi connectivity index (χ3v) is 4.24. The first-order chi connectivity index (χ1) is 9.90. The molecule has 0 saturated carbocycles. The zero-order chi connectivity index (χ0) is 15.6. The molecule has 0 saturated heterocycles. The average molecular weight is 340 g/mol. The van der Waals surface area contributed by atoms with E-state index in [9.17, 15) is 0 Å². The topological polar surface area (TPSA) is 35.2 Å². The van der Waals surface area contributed by atoms with E-state index < -0.39 is 0 Å². The molecule has 0 heterocycles. The molecule has 0 amide bonds. The van der Waals surface area contributed by atoms with E-state index >= 15 is 0 Å². The van der Waals surface area contributed by atoms with E-state index in [1.807, 2.05) is 38.1 Å². The van der Waals surface area contributed by atoms with Gasteiger partial charge in [0, 0.05) is 11.1 Å². The van der Waals surface area contributed by atoms with Crippen molar-refractivity contribution in [3.05, 3.63) is 62.6 Å². The highest BCUT2D eigenvalue weighted by Gasteiger charge is 2.10. The largest absolute Gasteiger partial charge is 0.488 e. The van der Waals surface area contributed by atoms with Crippen LogP contribution in [0.25, 0.3) is 0 Å². The van der Waals surface area contributed by atoms with Crippen molar-refractivity contribution in [2.45, 2.75) is 20.5 Å². The van der Waals surface area contributed by atoms with Gasteiger partial charge in [-0.3, -0.25) is 0 Å². The molecule has 2 N–H and O–H groups in total. The second-order valence-corrected chi connectivity index (χ2v) is 6.03. The van der Waals surface area contributed by atoms with E-state index in [0.29, 0.717) is 21.6 Å². The molecular weight excluding hydrogens is 325 g/mol. The second-order valence-electron chi connectivity index (χ2n) is 4.81. The standard InChI is InChI=1S/C16H15Cl2NOS/c1-9-6-12(16(19)21)7-10(2)15(9)20-8-11-4-3-5-13(17)14(11)18/h3-7H,8H2,1-2H3,(H2,19,21). The summed E-state index contributed by atoms with van der Waals surface area (Å²) in [5.41, 5.74) is 9.32. The Balaban J connectivity index is 2.24. The molecule has 5 heteroatoms. The molecule has 2 rings (SSSR count). The van der Waals surface area contributed by atoms with Crippen LogP contribution in [0.5, 0.6) is 5.75 Å². The molecule has 0 aromatic heterocycles. The fraction of sp³-hybridized carbons (Fsp3) is 0.188. The van der Waals surface area contributed by atoms with E-state index in [0.717, 1.165) is 28.0 Å². The van der Waals surface area contributed by atoms with Crippen LogP contribution >= 0.6 is 35.4 Å². The Morgan fingerprint density at radius 3 is 2.38 bits per heavy atom. The summed E-state index contributed by atoms with van der Waals surface area (Å²) in [5.74, 6) is 0.811. The summed E-state index contributed by atoms with van der Waals surface area (Å²) in [6.07, 6.45) is 0. The van der Waals surface area contributed by atoms with Crippen molar-refractivity contribution in [1.82, 2.24) is 0 Å². The molecule has 0 aliphatic heterocycles. The van der Waals surface area contributed by atoms with Crippen LogP contribution in [0.4, 0.5) is 0 Å². The SMILES string of the molecule is Cc1cc(C(N)=S)cc(C)c1OCc1cccc(Cl)c1Cl. The summed E-state index contributed by atoms with van der Waals surface area (Å²) in [4.78, 5) is 0.380. The van der Waals surface area contributed by atoms with Crippen LogP contribution in [-0.4, -0.2) is 4.99 Å². The van der Waals surface area contributed by atoms with E-state index in [1.54, 1.807) is 6.07 Å². The van der Waals surface area contributed by atoms with Gasteiger partial charge in [0.1, 0.15) is 17.3 Å². The quantitative estimate of drug-likeness (QED) is 0.810. The molecule has 0 aliphatic carbocycles. The van der Waals surface area contributed by atoms with Gasteiger partial charge < -0.3 is 10.5 Å². The van der Waals surface area contributed by atoms with Crippen molar-refractivity contribution in [3.63, 3.8) is 0 Å². The Labute approximate surface area is 139 Å². The van der Waals surface area contributed by atoms with Gasteiger partial charge in [0.2, 0.25) is 0 Å². The number of hydrogen-bond donors (Lipinski definition) is 1. The second kappa shape index (κ2) is 6.65. The number of nitrogens with two attached hydrogens (primary N) is 1. The van der Waals surface area contributed by atoms with Gasteiger partial charge in [-0.15, -0.1) is 0 Å². The molecule has 0 unspecified atom stereocenters. The lowest BCUT2D eigenvalue weighted by Gasteiger charge is -2.14. The fourth-order valence-electron chi connectivity index (χ4n) is 2.13. The highest BCUT2D eigenvalue weighted by atomic mass is 35.5. The first-order valence-electron chi connectivity index (χ1n) is 6.37. The first kappa shape index (κ1) is 16.1. The van der Waals surface area contributed by atoms with Gasteiger partial charge in [0.25, 0.3) is 0 Å². The number of aryl methyl sites for hydroxylation is 2. The minimum Gasteiger partial charge on any atom is -0.488 e. The maximum absolute atomic E-state index is 6.16. The van der Waals surface area contributed by atoms with E-state index in [1.165, 1.54) is 0 Å². The van der Waals surface area contributed by atoms with Crippen LogP contribution < -0.4 is 10.5 Å². The third kappa shape index (κ3) is 3.67. The Kier molecular flexibility index (Phi) is 5.09. The van der Waals surface area contributed by atoms with Crippen LogP contribution in [0.2, 0.25) is 10.0 Å². The molecule has 0 spiro atoms. The average Bonchev–Trinajstić information content (AvgIpc) is 2.42.